The summed E-state index contributed by atoms with van der Waals surface area (Å²) < 4.78 is 0. The van der Waals surface area contributed by atoms with Gasteiger partial charge < -0.3 is 10.0 Å². The number of urea groups is 1. The van der Waals surface area contributed by atoms with Gasteiger partial charge in [0.2, 0.25) is 0 Å². The first-order chi connectivity index (χ1) is 9.11. The molecule has 1 aliphatic heterocycles. The highest BCUT2D eigenvalue weighted by atomic mass is 16.2. The molecule has 1 aromatic rings. The molecule has 0 bridgehead atoms. The number of aliphatic hydroxyl groups is 1. The molecule has 0 saturated carbocycles. The minimum Gasteiger partial charge on any atom is -0.384 e. The lowest BCUT2D eigenvalue weighted by atomic mass is 10.1. The van der Waals surface area contributed by atoms with E-state index in [9.17, 15) is 9.59 Å². The van der Waals surface area contributed by atoms with Crippen molar-refractivity contribution in [2.24, 2.45) is 0 Å². The van der Waals surface area contributed by atoms with Gasteiger partial charge in [-0.05, 0) is 17.7 Å². The van der Waals surface area contributed by atoms with Crippen LogP contribution in [0, 0.1) is 11.8 Å². The molecule has 0 aromatic heterocycles. The zero-order valence-corrected chi connectivity index (χ0v) is 10.6. The first kappa shape index (κ1) is 13.1. The molecule has 5 nitrogen and oxygen atoms in total. The Hall–Kier alpha value is -2.32. The number of aliphatic hydroxyl groups excluding tert-OH is 1. The summed E-state index contributed by atoms with van der Waals surface area (Å²) in [5.41, 5.74) is 1.58. The van der Waals surface area contributed by atoms with Crippen molar-refractivity contribution >= 4 is 11.9 Å². The summed E-state index contributed by atoms with van der Waals surface area (Å²) in [4.78, 5) is 26.0. The summed E-state index contributed by atoms with van der Waals surface area (Å²) in [6.07, 6.45) is 0. The van der Waals surface area contributed by atoms with Gasteiger partial charge >= 0.3 is 6.03 Å². The predicted molar refractivity (Wildman–Crippen MR) is 69.0 cm³/mol. The van der Waals surface area contributed by atoms with Crippen molar-refractivity contribution in [2.75, 3.05) is 20.2 Å². The fourth-order valence-electron chi connectivity index (χ4n) is 1.90. The molecule has 0 atom stereocenters. The van der Waals surface area contributed by atoms with Crippen LogP contribution in [-0.2, 0) is 11.3 Å². The standard InChI is InChI=1S/C14H14N2O3/c1-15-10-13(18)16(14(15)19)9-12-5-2-4-11(8-12)6-3-7-17/h2,4-5,8,17H,7,9-10H2,1H3. The third kappa shape index (κ3) is 2.92. The second-order valence-corrected chi connectivity index (χ2v) is 4.28. The van der Waals surface area contributed by atoms with E-state index in [2.05, 4.69) is 11.8 Å². The average molecular weight is 258 g/mol. The molecule has 3 amide bonds. The van der Waals surface area contributed by atoms with Gasteiger partial charge in [0.15, 0.2) is 0 Å². The quantitative estimate of drug-likeness (QED) is 0.618. The molecule has 0 aliphatic carbocycles. The summed E-state index contributed by atoms with van der Waals surface area (Å²) in [6.45, 7) is 0.178. The van der Waals surface area contributed by atoms with Crippen molar-refractivity contribution < 1.29 is 14.7 Å². The van der Waals surface area contributed by atoms with E-state index in [1.54, 1.807) is 7.05 Å². The first-order valence-corrected chi connectivity index (χ1v) is 5.86. The SMILES string of the molecule is CN1CC(=O)N(Cc2cccc(C#CCO)c2)C1=O. The average Bonchev–Trinajstić information content (AvgIpc) is 2.64. The minimum absolute atomic E-state index is 0.128. The molecule has 2 rings (SSSR count). The molecule has 0 spiro atoms. The lowest BCUT2D eigenvalue weighted by Crippen LogP contribution is -2.31. The third-order valence-electron chi connectivity index (χ3n) is 2.81. The van der Waals surface area contributed by atoms with Crippen molar-refractivity contribution in [3.05, 3.63) is 35.4 Å². The summed E-state index contributed by atoms with van der Waals surface area (Å²) in [5.74, 6) is 5.16. The van der Waals surface area contributed by atoms with Gasteiger partial charge in [0, 0.05) is 12.6 Å². The molecule has 5 heteroatoms. The number of rotatable bonds is 2. The summed E-state index contributed by atoms with van der Waals surface area (Å²) in [6, 6.07) is 6.99. The van der Waals surface area contributed by atoms with E-state index >= 15 is 0 Å². The Morgan fingerprint density at radius 2 is 2.16 bits per heavy atom. The number of benzene rings is 1. The van der Waals surface area contributed by atoms with E-state index in [4.69, 9.17) is 5.11 Å². The van der Waals surface area contributed by atoms with Crippen LogP contribution in [0.5, 0.6) is 0 Å². The van der Waals surface area contributed by atoms with Crippen LogP contribution < -0.4 is 0 Å². The molecule has 0 radical (unpaired) electrons. The predicted octanol–water partition coefficient (Wildman–Crippen LogP) is 0.424. The van der Waals surface area contributed by atoms with Crippen molar-refractivity contribution in [1.82, 2.24) is 9.80 Å². The van der Waals surface area contributed by atoms with Gasteiger partial charge in [-0.1, -0.05) is 24.0 Å². The highest BCUT2D eigenvalue weighted by Gasteiger charge is 2.33. The van der Waals surface area contributed by atoms with E-state index in [-0.39, 0.29) is 31.6 Å². The van der Waals surface area contributed by atoms with Crippen LogP contribution in [0.2, 0.25) is 0 Å². The number of hydrogen-bond acceptors (Lipinski definition) is 3. The fraction of sp³-hybridized carbons (Fsp3) is 0.286. The molecule has 1 aliphatic rings. The minimum atomic E-state index is -0.281. The Bertz CT molecular complexity index is 572. The van der Waals surface area contributed by atoms with Crippen LogP contribution in [0.3, 0.4) is 0 Å². The maximum Gasteiger partial charge on any atom is 0.327 e. The van der Waals surface area contributed by atoms with Crippen molar-refractivity contribution in [1.29, 1.82) is 0 Å². The van der Waals surface area contributed by atoms with E-state index in [1.807, 2.05) is 24.3 Å². The third-order valence-corrected chi connectivity index (χ3v) is 2.81. The van der Waals surface area contributed by atoms with E-state index < -0.39 is 0 Å². The number of imide groups is 1. The summed E-state index contributed by atoms with van der Waals surface area (Å²) in [5, 5.41) is 8.65. The van der Waals surface area contributed by atoms with Gasteiger partial charge in [-0.3, -0.25) is 9.69 Å². The zero-order valence-electron chi connectivity index (χ0n) is 10.6. The van der Waals surface area contributed by atoms with E-state index in [1.165, 1.54) is 9.80 Å². The van der Waals surface area contributed by atoms with Gasteiger partial charge in [0.25, 0.3) is 5.91 Å². The largest absolute Gasteiger partial charge is 0.384 e. The monoisotopic (exact) mass is 258 g/mol. The zero-order chi connectivity index (χ0) is 13.8. The van der Waals surface area contributed by atoms with Crippen molar-refractivity contribution in [2.45, 2.75) is 6.54 Å². The first-order valence-electron chi connectivity index (χ1n) is 5.86. The van der Waals surface area contributed by atoms with Gasteiger partial charge in [0.05, 0.1) is 6.54 Å². The highest BCUT2D eigenvalue weighted by molar-refractivity contribution is 6.01. The molecule has 1 aromatic carbocycles. The Labute approximate surface area is 111 Å². The van der Waals surface area contributed by atoms with Crippen LogP contribution in [0.4, 0.5) is 4.79 Å². The smallest absolute Gasteiger partial charge is 0.327 e. The van der Waals surface area contributed by atoms with Gasteiger partial charge in [0.1, 0.15) is 13.2 Å². The van der Waals surface area contributed by atoms with Crippen LogP contribution in [-0.4, -0.2) is 47.0 Å². The van der Waals surface area contributed by atoms with Crippen LogP contribution in [0.15, 0.2) is 24.3 Å². The molecular weight excluding hydrogens is 244 g/mol. The number of amides is 3. The van der Waals surface area contributed by atoms with Gasteiger partial charge in [-0.25, -0.2) is 4.79 Å². The fourth-order valence-corrected chi connectivity index (χ4v) is 1.90. The van der Waals surface area contributed by atoms with Crippen LogP contribution in [0.1, 0.15) is 11.1 Å². The summed E-state index contributed by atoms with van der Waals surface area (Å²) in [7, 11) is 1.60. The number of carbonyl (C=O) groups is 2. The maximum absolute atomic E-state index is 11.7. The second-order valence-electron chi connectivity index (χ2n) is 4.28. The Balaban J connectivity index is 2.15. The molecule has 98 valence electrons. The topological polar surface area (TPSA) is 60.9 Å². The Morgan fingerprint density at radius 3 is 2.79 bits per heavy atom. The lowest BCUT2D eigenvalue weighted by Gasteiger charge is -2.14. The van der Waals surface area contributed by atoms with Crippen LogP contribution >= 0.6 is 0 Å². The molecule has 1 saturated heterocycles. The number of hydrogen-bond donors (Lipinski definition) is 1. The molecule has 1 fully saturated rings. The Kier molecular flexibility index (Phi) is 3.83. The number of carbonyl (C=O) groups excluding carboxylic acids is 2. The Morgan fingerprint density at radius 1 is 1.37 bits per heavy atom. The van der Waals surface area contributed by atoms with Gasteiger partial charge in [-0.2, -0.15) is 0 Å². The number of nitrogens with zero attached hydrogens (tertiary/aromatic N) is 2. The molecular formula is C14H14N2O3. The maximum atomic E-state index is 11.7. The lowest BCUT2D eigenvalue weighted by molar-refractivity contribution is -0.125. The molecule has 1 N–H and O–H groups in total. The second kappa shape index (κ2) is 5.55. The molecule has 0 unspecified atom stereocenters. The number of likely N-dealkylation sites (N-methyl/N-ethyl adjacent to an activating group) is 1. The normalized spacial score (nSPS) is 14.6. The van der Waals surface area contributed by atoms with E-state index in [0.717, 1.165) is 11.1 Å². The molecule has 1 heterocycles. The van der Waals surface area contributed by atoms with Crippen molar-refractivity contribution in [3.8, 4) is 11.8 Å². The van der Waals surface area contributed by atoms with Crippen LogP contribution in [0.25, 0.3) is 0 Å². The van der Waals surface area contributed by atoms with E-state index in [0.29, 0.717) is 0 Å². The molecule has 19 heavy (non-hydrogen) atoms. The summed E-state index contributed by atoms with van der Waals surface area (Å²) >= 11 is 0. The highest BCUT2D eigenvalue weighted by Crippen LogP contribution is 2.14. The van der Waals surface area contributed by atoms with Gasteiger partial charge in [-0.15, -0.1) is 0 Å². The van der Waals surface area contributed by atoms with Crippen molar-refractivity contribution in [3.63, 3.8) is 0 Å².